The molecule has 2 rings (SSSR count). The maximum atomic E-state index is 13.1. The summed E-state index contributed by atoms with van der Waals surface area (Å²) >= 11 is 0. The fourth-order valence-electron chi connectivity index (χ4n) is 1.49. The molecule has 1 heterocycles. The molecule has 0 fully saturated rings. The number of nitrogens with zero attached hydrogens (tertiary/aromatic N) is 2. The number of hydrogen-bond acceptors (Lipinski definition) is 2. The van der Waals surface area contributed by atoms with Gasteiger partial charge in [0.25, 0.3) is 0 Å². The van der Waals surface area contributed by atoms with Crippen LogP contribution in [-0.2, 0) is 7.05 Å². The lowest BCUT2D eigenvalue weighted by atomic mass is 10.1. The SMILES string of the molecule is Cn1nccc1-c1cc(F)ccc1C=O. The fourth-order valence-corrected chi connectivity index (χ4v) is 1.49. The topological polar surface area (TPSA) is 34.9 Å². The molecule has 4 heteroatoms. The van der Waals surface area contributed by atoms with Crippen molar-refractivity contribution in [1.29, 1.82) is 0 Å². The second-order valence-electron chi connectivity index (χ2n) is 3.19. The van der Waals surface area contributed by atoms with Crippen molar-refractivity contribution >= 4 is 6.29 Å². The first-order chi connectivity index (χ1) is 7.22. The third-order valence-corrected chi connectivity index (χ3v) is 2.24. The number of carbonyl (C=O) groups excluding carboxylic acids is 1. The van der Waals surface area contributed by atoms with Crippen molar-refractivity contribution in [3.8, 4) is 11.3 Å². The first-order valence-corrected chi connectivity index (χ1v) is 4.45. The molecule has 0 aliphatic rings. The number of carbonyl (C=O) groups is 1. The average Bonchev–Trinajstić information content (AvgIpc) is 2.64. The second-order valence-corrected chi connectivity index (χ2v) is 3.19. The lowest BCUT2D eigenvalue weighted by Crippen LogP contribution is -1.97. The van der Waals surface area contributed by atoms with Gasteiger partial charge in [-0.3, -0.25) is 9.48 Å². The fraction of sp³-hybridized carbons (Fsp3) is 0.0909. The lowest BCUT2D eigenvalue weighted by molar-refractivity contribution is 0.112. The molecule has 0 N–H and O–H groups in total. The van der Waals surface area contributed by atoms with Crippen LogP contribution in [0.5, 0.6) is 0 Å². The summed E-state index contributed by atoms with van der Waals surface area (Å²) in [4.78, 5) is 10.8. The number of halogens is 1. The summed E-state index contributed by atoms with van der Waals surface area (Å²) in [6.45, 7) is 0. The molecular formula is C11H9FN2O. The molecule has 0 spiro atoms. The molecule has 0 radical (unpaired) electrons. The van der Waals surface area contributed by atoms with Crippen molar-refractivity contribution in [2.75, 3.05) is 0 Å². The summed E-state index contributed by atoms with van der Waals surface area (Å²) in [5, 5.41) is 3.98. The summed E-state index contributed by atoms with van der Waals surface area (Å²) < 4.78 is 14.7. The van der Waals surface area contributed by atoms with Crippen molar-refractivity contribution < 1.29 is 9.18 Å². The second kappa shape index (κ2) is 3.65. The number of benzene rings is 1. The van der Waals surface area contributed by atoms with Crippen LogP contribution < -0.4 is 0 Å². The Labute approximate surface area is 86.2 Å². The predicted molar refractivity (Wildman–Crippen MR) is 54.0 cm³/mol. The highest BCUT2D eigenvalue weighted by molar-refractivity contribution is 5.86. The van der Waals surface area contributed by atoms with Gasteiger partial charge >= 0.3 is 0 Å². The predicted octanol–water partition coefficient (Wildman–Crippen LogP) is 2.04. The van der Waals surface area contributed by atoms with E-state index in [2.05, 4.69) is 5.10 Å². The third-order valence-electron chi connectivity index (χ3n) is 2.24. The molecule has 0 saturated carbocycles. The quantitative estimate of drug-likeness (QED) is 0.701. The molecule has 0 atom stereocenters. The van der Waals surface area contributed by atoms with Gasteiger partial charge in [-0.1, -0.05) is 0 Å². The van der Waals surface area contributed by atoms with E-state index < -0.39 is 0 Å². The van der Waals surface area contributed by atoms with Gasteiger partial charge in [0.1, 0.15) is 5.82 Å². The minimum Gasteiger partial charge on any atom is -0.298 e. The van der Waals surface area contributed by atoms with Crippen molar-refractivity contribution in [3.05, 3.63) is 41.8 Å². The van der Waals surface area contributed by atoms with Gasteiger partial charge < -0.3 is 0 Å². The van der Waals surface area contributed by atoms with Crippen molar-refractivity contribution in [2.24, 2.45) is 7.05 Å². The molecule has 3 nitrogen and oxygen atoms in total. The van der Waals surface area contributed by atoms with Gasteiger partial charge in [-0.15, -0.1) is 0 Å². The zero-order valence-corrected chi connectivity index (χ0v) is 8.14. The molecule has 76 valence electrons. The molecule has 0 amide bonds. The summed E-state index contributed by atoms with van der Waals surface area (Å²) in [7, 11) is 1.74. The molecule has 0 bridgehead atoms. The number of rotatable bonds is 2. The largest absolute Gasteiger partial charge is 0.298 e. The smallest absolute Gasteiger partial charge is 0.150 e. The van der Waals surface area contributed by atoms with Gasteiger partial charge in [0.2, 0.25) is 0 Å². The van der Waals surface area contributed by atoms with E-state index in [9.17, 15) is 9.18 Å². The van der Waals surface area contributed by atoms with Gasteiger partial charge in [-0.05, 0) is 24.3 Å². The van der Waals surface area contributed by atoms with Crippen molar-refractivity contribution in [1.82, 2.24) is 9.78 Å². The van der Waals surface area contributed by atoms with Crippen LogP contribution in [0.15, 0.2) is 30.5 Å². The summed E-state index contributed by atoms with van der Waals surface area (Å²) in [5.41, 5.74) is 1.74. The Kier molecular flexibility index (Phi) is 2.33. The van der Waals surface area contributed by atoms with Crippen LogP contribution in [0.25, 0.3) is 11.3 Å². The molecule has 0 unspecified atom stereocenters. The van der Waals surface area contributed by atoms with Crippen LogP contribution in [0, 0.1) is 5.82 Å². The Morgan fingerprint density at radius 1 is 1.40 bits per heavy atom. The van der Waals surface area contributed by atoms with E-state index in [4.69, 9.17) is 0 Å². The average molecular weight is 204 g/mol. The van der Waals surface area contributed by atoms with E-state index in [1.54, 1.807) is 24.0 Å². The Hall–Kier alpha value is -1.97. The van der Waals surface area contributed by atoms with Crippen LogP contribution in [0.1, 0.15) is 10.4 Å². The van der Waals surface area contributed by atoms with E-state index in [1.807, 2.05) is 0 Å². The molecular weight excluding hydrogens is 195 g/mol. The normalized spacial score (nSPS) is 10.3. The Morgan fingerprint density at radius 2 is 2.20 bits per heavy atom. The highest BCUT2D eigenvalue weighted by atomic mass is 19.1. The molecule has 0 aliphatic carbocycles. The molecule has 1 aromatic heterocycles. The molecule has 0 aliphatic heterocycles. The summed E-state index contributed by atoms with van der Waals surface area (Å²) in [6.07, 6.45) is 2.32. The van der Waals surface area contributed by atoms with Crippen LogP contribution >= 0.6 is 0 Å². The molecule has 1 aromatic carbocycles. The first kappa shape index (κ1) is 9.58. The monoisotopic (exact) mass is 204 g/mol. The van der Waals surface area contributed by atoms with Crippen LogP contribution in [-0.4, -0.2) is 16.1 Å². The number of aromatic nitrogens is 2. The summed E-state index contributed by atoms with van der Waals surface area (Å²) in [5.74, 6) is -0.364. The molecule has 2 aromatic rings. The third kappa shape index (κ3) is 1.66. The highest BCUT2D eigenvalue weighted by Crippen LogP contribution is 2.22. The molecule has 15 heavy (non-hydrogen) atoms. The Morgan fingerprint density at radius 3 is 2.80 bits per heavy atom. The van der Waals surface area contributed by atoms with Gasteiger partial charge in [-0.25, -0.2) is 4.39 Å². The highest BCUT2D eigenvalue weighted by Gasteiger charge is 2.08. The zero-order chi connectivity index (χ0) is 10.8. The van der Waals surface area contributed by atoms with Gasteiger partial charge in [0, 0.05) is 24.4 Å². The van der Waals surface area contributed by atoms with E-state index in [0.29, 0.717) is 17.4 Å². The van der Waals surface area contributed by atoms with Gasteiger partial charge in [0.05, 0.1) is 5.69 Å². The van der Waals surface area contributed by atoms with Crippen LogP contribution in [0.4, 0.5) is 4.39 Å². The molecule has 0 saturated heterocycles. The Bertz CT molecular complexity index is 505. The van der Waals surface area contributed by atoms with E-state index in [0.717, 1.165) is 5.69 Å². The number of aryl methyl sites for hydroxylation is 1. The Balaban J connectivity index is 2.65. The maximum Gasteiger partial charge on any atom is 0.150 e. The van der Waals surface area contributed by atoms with Crippen LogP contribution in [0.3, 0.4) is 0 Å². The van der Waals surface area contributed by atoms with Crippen molar-refractivity contribution in [3.63, 3.8) is 0 Å². The van der Waals surface area contributed by atoms with Gasteiger partial charge in [0.15, 0.2) is 6.29 Å². The van der Waals surface area contributed by atoms with E-state index in [1.165, 1.54) is 18.2 Å². The van der Waals surface area contributed by atoms with E-state index >= 15 is 0 Å². The number of hydrogen-bond donors (Lipinski definition) is 0. The summed E-state index contributed by atoms with van der Waals surface area (Å²) in [6, 6.07) is 5.80. The zero-order valence-electron chi connectivity index (χ0n) is 8.14. The van der Waals surface area contributed by atoms with Crippen LogP contribution in [0.2, 0.25) is 0 Å². The number of aldehydes is 1. The first-order valence-electron chi connectivity index (χ1n) is 4.45. The standard InChI is InChI=1S/C11H9FN2O/c1-14-11(4-5-13-14)10-6-9(12)3-2-8(10)7-15/h2-7H,1H3. The lowest BCUT2D eigenvalue weighted by Gasteiger charge is -2.05. The minimum absolute atomic E-state index is 0.364. The van der Waals surface area contributed by atoms with E-state index in [-0.39, 0.29) is 5.82 Å². The van der Waals surface area contributed by atoms with Crippen molar-refractivity contribution in [2.45, 2.75) is 0 Å². The van der Waals surface area contributed by atoms with Gasteiger partial charge in [-0.2, -0.15) is 5.10 Å². The minimum atomic E-state index is -0.364. The maximum absolute atomic E-state index is 13.1.